The minimum Gasteiger partial charge on any atom is -0.326 e. The van der Waals surface area contributed by atoms with Gasteiger partial charge in [-0.25, -0.2) is 4.98 Å². The van der Waals surface area contributed by atoms with Crippen LogP contribution in [0.4, 0.5) is 13.2 Å². The van der Waals surface area contributed by atoms with Crippen molar-refractivity contribution in [2.45, 2.75) is 12.7 Å². The molecule has 6 heteroatoms. The van der Waals surface area contributed by atoms with E-state index in [9.17, 15) is 13.2 Å². The standard InChI is InChI=1S/C15H12F3N3/c16-15(17,18)13-4-2-1-3-12(13)14-20-8-11-6-5-10(7-19)9-21(11)14/h1-6,8-9H,7,19H2. The molecule has 0 aliphatic rings. The molecule has 2 heterocycles. The second-order valence-electron chi connectivity index (χ2n) is 4.66. The topological polar surface area (TPSA) is 43.3 Å². The zero-order chi connectivity index (χ0) is 15.0. The van der Waals surface area contributed by atoms with E-state index in [1.165, 1.54) is 12.1 Å². The molecular formula is C15H12F3N3. The number of nitrogens with zero attached hydrogens (tertiary/aromatic N) is 2. The zero-order valence-corrected chi connectivity index (χ0v) is 10.9. The Balaban J connectivity index is 2.26. The van der Waals surface area contributed by atoms with Gasteiger partial charge in [-0.3, -0.25) is 4.40 Å². The van der Waals surface area contributed by atoms with E-state index < -0.39 is 11.7 Å². The SMILES string of the molecule is NCc1ccc2cnc(-c3ccccc3C(F)(F)F)n2c1. The third-order valence-corrected chi connectivity index (χ3v) is 3.30. The summed E-state index contributed by atoms with van der Waals surface area (Å²) in [5.41, 5.74) is 6.49. The number of imidazole rings is 1. The lowest BCUT2D eigenvalue weighted by atomic mass is 10.1. The lowest BCUT2D eigenvalue weighted by Crippen LogP contribution is -2.08. The van der Waals surface area contributed by atoms with Crippen LogP contribution >= 0.6 is 0 Å². The fourth-order valence-corrected chi connectivity index (χ4v) is 2.28. The summed E-state index contributed by atoms with van der Waals surface area (Å²) < 4.78 is 41.0. The van der Waals surface area contributed by atoms with Crippen LogP contribution < -0.4 is 5.73 Å². The molecule has 0 atom stereocenters. The Morgan fingerprint density at radius 2 is 1.86 bits per heavy atom. The maximum absolute atomic E-state index is 13.1. The smallest absolute Gasteiger partial charge is 0.326 e. The van der Waals surface area contributed by atoms with Crippen LogP contribution in [-0.2, 0) is 12.7 Å². The number of pyridine rings is 1. The highest BCUT2D eigenvalue weighted by atomic mass is 19.4. The molecule has 0 spiro atoms. The van der Waals surface area contributed by atoms with Gasteiger partial charge in [0.15, 0.2) is 0 Å². The van der Waals surface area contributed by atoms with Crippen LogP contribution in [0.1, 0.15) is 11.1 Å². The first-order valence-corrected chi connectivity index (χ1v) is 6.33. The first-order valence-electron chi connectivity index (χ1n) is 6.33. The van der Waals surface area contributed by atoms with E-state index in [4.69, 9.17) is 5.73 Å². The van der Waals surface area contributed by atoms with E-state index in [2.05, 4.69) is 4.98 Å². The highest BCUT2D eigenvalue weighted by Gasteiger charge is 2.34. The van der Waals surface area contributed by atoms with Gasteiger partial charge in [-0.1, -0.05) is 24.3 Å². The number of hydrogen-bond donors (Lipinski definition) is 1. The van der Waals surface area contributed by atoms with Crippen LogP contribution in [-0.4, -0.2) is 9.38 Å². The minimum absolute atomic E-state index is 0.0548. The van der Waals surface area contributed by atoms with E-state index in [1.807, 2.05) is 6.07 Å². The Morgan fingerprint density at radius 3 is 2.57 bits per heavy atom. The predicted molar refractivity (Wildman–Crippen MR) is 73.5 cm³/mol. The lowest BCUT2D eigenvalue weighted by molar-refractivity contribution is -0.137. The van der Waals surface area contributed by atoms with Gasteiger partial charge in [-0.05, 0) is 17.7 Å². The number of rotatable bonds is 2. The molecule has 3 nitrogen and oxygen atoms in total. The highest BCUT2D eigenvalue weighted by molar-refractivity contribution is 5.66. The van der Waals surface area contributed by atoms with Gasteiger partial charge in [0, 0.05) is 18.3 Å². The van der Waals surface area contributed by atoms with Gasteiger partial charge >= 0.3 is 6.18 Å². The molecule has 0 saturated carbocycles. The summed E-state index contributed by atoms with van der Waals surface area (Å²) in [5, 5.41) is 0. The van der Waals surface area contributed by atoms with E-state index in [0.717, 1.165) is 17.1 Å². The highest BCUT2D eigenvalue weighted by Crippen LogP contribution is 2.36. The summed E-state index contributed by atoms with van der Waals surface area (Å²) in [6.45, 7) is 0.314. The maximum Gasteiger partial charge on any atom is 0.417 e. The number of fused-ring (bicyclic) bond motifs is 1. The Labute approximate surface area is 118 Å². The second-order valence-corrected chi connectivity index (χ2v) is 4.66. The minimum atomic E-state index is -4.42. The Kier molecular flexibility index (Phi) is 3.17. The fraction of sp³-hybridized carbons (Fsp3) is 0.133. The summed E-state index contributed by atoms with van der Waals surface area (Å²) in [4.78, 5) is 4.14. The molecule has 2 N–H and O–H groups in total. The molecule has 0 bridgehead atoms. The van der Waals surface area contributed by atoms with Crippen molar-refractivity contribution in [3.05, 3.63) is 59.9 Å². The van der Waals surface area contributed by atoms with Crippen molar-refractivity contribution in [2.75, 3.05) is 0 Å². The van der Waals surface area contributed by atoms with Gasteiger partial charge in [-0.2, -0.15) is 13.2 Å². The number of hydrogen-bond acceptors (Lipinski definition) is 2. The van der Waals surface area contributed by atoms with Gasteiger partial charge in [0.2, 0.25) is 0 Å². The van der Waals surface area contributed by atoms with Crippen LogP contribution in [0.25, 0.3) is 16.9 Å². The van der Waals surface area contributed by atoms with Gasteiger partial charge in [0.25, 0.3) is 0 Å². The fourth-order valence-electron chi connectivity index (χ4n) is 2.28. The summed E-state index contributed by atoms with van der Waals surface area (Å²) in [7, 11) is 0. The zero-order valence-electron chi connectivity index (χ0n) is 10.9. The molecule has 0 unspecified atom stereocenters. The third kappa shape index (κ3) is 2.38. The van der Waals surface area contributed by atoms with Crippen molar-refractivity contribution in [3.8, 4) is 11.4 Å². The van der Waals surface area contributed by atoms with Crippen molar-refractivity contribution in [2.24, 2.45) is 5.73 Å². The molecule has 0 saturated heterocycles. The lowest BCUT2D eigenvalue weighted by Gasteiger charge is -2.12. The number of aromatic nitrogens is 2. The van der Waals surface area contributed by atoms with E-state index >= 15 is 0 Å². The molecule has 21 heavy (non-hydrogen) atoms. The van der Waals surface area contributed by atoms with Crippen LogP contribution in [0, 0.1) is 0 Å². The number of halogens is 3. The number of alkyl halides is 3. The Bertz CT molecular complexity index is 790. The molecule has 0 aliphatic heterocycles. The van der Waals surface area contributed by atoms with Crippen molar-refractivity contribution < 1.29 is 13.2 Å². The van der Waals surface area contributed by atoms with Crippen molar-refractivity contribution >= 4 is 5.52 Å². The predicted octanol–water partition coefficient (Wildman–Crippen LogP) is 3.48. The third-order valence-electron chi connectivity index (χ3n) is 3.30. The Hall–Kier alpha value is -2.34. The molecule has 0 amide bonds. The van der Waals surface area contributed by atoms with Crippen LogP contribution in [0.15, 0.2) is 48.8 Å². The van der Waals surface area contributed by atoms with Gasteiger partial charge in [0.1, 0.15) is 5.82 Å². The van der Waals surface area contributed by atoms with E-state index in [-0.39, 0.29) is 11.4 Å². The molecule has 0 radical (unpaired) electrons. The number of benzene rings is 1. The molecule has 0 fully saturated rings. The second kappa shape index (κ2) is 4.89. The van der Waals surface area contributed by atoms with Gasteiger partial charge < -0.3 is 5.73 Å². The van der Waals surface area contributed by atoms with E-state index in [0.29, 0.717) is 6.54 Å². The van der Waals surface area contributed by atoms with Crippen LogP contribution in [0.3, 0.4) is 0 Å². The van der Waals surface area contributed by atoms with E-state index in [1.54, 1.807) is 28.9 Å². The van der Waals surface area contributed by atoms with Crippen molar-refractivity contribution in [1.29, 1.82) is 0 Å². The number of nitrogens with two attached hydrogens (primary N) is 1. The van der Waals surface area contributed by atoms with Crippen molar-refractivity contribution in [1.82, 2.24) is 9.38 Å². The van der Waals surface area contributed by atoms with Gasteiger partial charge in [0.05, 0.1) is 17.3 Å². The van der Waals surface area contributed by atoms with Gasteiger partial charge in [-0.15, -0.1) is 0 Å². The normalized spacial score (nSPS) is 12.0. The molecule has 3 aromatic rings. The molecule has 1 aromatic carbocycles. The molecule has 2 aromatic heterocycles. The Morgan fingerprint density at radius 1 is 1.10 bits per heavy atom. The molecular weight excluding hydrogens is 279 g/mol. The quantitative estimate of drug-likeness (QED) is 0.785. The summed E-state index contributed by atoms with van der Waals surface area (Å²) >= 11 is 0. The summed E-state index contributed by atoms with van der Waals surface area (Å²) in [5.74, 6) is 0.258. The van der Waals surface area contributed by atoms with Crippen LogP contribution in [0.2, 0.25) is 0 Å². The monoisotopic (exact) mass is 291 g/mol. The van der Waals surface area contributed by atoms with Crippen LogP contribution in [0.5, 0.6) is 0 Å². The molecule has 3 rings (SSSR count). The summed E-state index contributed by atoms with van der Waals surface area (Å²) in [6, 6.07) is 9.03. The average molecular weight is 291 g/mol. The maximum atomic E-state index is 13.1. The largest absolute Gasteiger partial charge is 0.417 e. The molecule has 0 aliphatic carbocycles. The molecule has 108 valence electrons. The summed E-state index contributed by atoms with van der Waals surface area (Å²) in [6.07, 6.45) is -1.17. The first-order chi connectivity index (χ1) is 10.0. The van der Waals surface area contributed by atoms with Crippen molar-refractivity contribution in [3.63, 3.8) is 0 Å². The first kappa shape index (κ1) is 13.6. The average Bonchev–Trinajstić information content (AvgIpc) is 2.89.